The molecule has 0 aromatic heterocycles. The third-order valence-corrected chi connectivity index (χ3v) is 3.97. The van der Waals surface area contributed by atoms with Crippen LogP contribution in [-0.2, 0) is 4.74 Å². The number of hydrogen-bond donors (Lipinski definition) is 1. The lowest BCUT2D eigenvalue weighted by Crippen LogP contribution is -2.28. The Morgan fingerprint density at radius 1 is 1.26 bits per heavy atom. The first-order valence-corrected chi connectivity index (χ1v) is 7.09. The quantitative estimate of drug-likeness (QED) is 0.661. The van der Waals surface area contributed by atoms with Crippen molar-refractivity contribution in [2.24, 2.45) is 11.8 Å². The van der Waals surface area contributed by atoms with Crippen LogP contribution < -0.4 is 5.73 Å². The maximum atomic E-state index is 12.1. The van der Waals surface area contributed by atoms with Crippen molar-refractivity contribution < 1.29 is 9.53 Å². The molecule has 4 heteroatoms. The average molecular weight is 282 g/mol. The van der Waals surface area contributed by atoms with Crippen LogP contribution in [0.4, 0.5) is 5.69 Å². The standard InChI is InChI=1S/C15H20ClNO2/c1-9-5-10(2)7-12(6-9)19-15(18)11-3-4-14(17)13(16)8-11/h3-4,8-10,12H,5-7,17H2,1-2H3. The molecule has 1 aliphatic rings. The van der Waals surface area contributed by atoms with E-state index in [9.17, 15) is 4.79 Å². The van der Waals surface area contributed by atoms with E-state index in [-0.39, 0.29) is 12.1 Å². The summed E-state index contributed by atoms with van der Waals surface area (Å²) < 4.78 is 5.57. The molecule has 2 N–H and O–H groups in total. The Morgan fingerprint density at radius 3 is 2.47 bits per heavy atom. The lowest BCUT2D eigenvalue weighted by atomic mass is 9.82. The van der Waals surface area contributed by atoms with Crippen LogP contribution in [0.1, 0.15) is 43.5 Å². The Labute approximate surface area is 119 Å². The minimum absolute atomic E-state index is 0.0163. The molecule has 2 rings (SSSR count). The van der Waals surface area contributed by atoms with Gasteiger partial charge in [0.15, 0.2) is 0 Å². The number of benzene rings is 1. The summed E-state index contributed by atoms with van der Waals surface area (Å²) in [5, 5.41) is 0.389. The van der Waals surface area contributed by atoms with Crippen molar-refractivity contribution in [1.29, 1.82) is 0 Å². The molecule has 0 saturated heterocycles. The van der Waals surface area contributed by atoms with Crippen molar-refractivity contribution in [1.82, 2.24) is 0 Å². The lowest BCUT2D eigenvalue weighted by molar-refractivity contribution is 0.00806. The third-order valence-electron chi connectivity index (χ3n) is 3.65. The molecule has 1 aromatic rings. The van der Waals surface area contributed by atoms with Gasteiger partial charge in [0.2, 0.25) is 0 Å². The monoisotopic (exact) mass is 281 g/mol. The van der Waals surface area contributed by atoms with Crippen molar-refractivity contribution in [2.75, 3.05) is 5.73 Å². The molecule has 2 unspecified atom stereocenters. The van der Waals surface area contributed by atoms with Crippen LogP contribution in [-0.4, -0.2) is 12.1 Å². The summed E-state index contributed by atoms with van der Waals surface area (Å²) >= 11 is 5.91. The van der Waals surface area contributed by atoms with Gasteiger partial charge in [-0.25, -0.2) is 4.79 Å². The Bertz CT molecular complexity index is 465. The number of rotatable bonds is 2. The molecular formula is C15H20ClNO2. The number of hydrogen-bond acceptors (Lipinski definition) is 3. The van der Waals surface area contributed by atoms with E-state index in [2.05, 4.69) is 13.8 Å². The minimum Gasteiger partial charge on any atom is -0.459 e. The Morgan fingerprint density at radius 2 is 1.89 bits per heavy atom. The van der Waals surface area contributed by atoms with E-state index < -0.39 is 0 Å². The highest BCUT2D eigenvalue weighted by Gasteiger charge is 2.27. The topological polar surface area (TPSA) is 52.3 Å². The fourth-order valence-electron chi connectivity index (χ4n) is 2.84. The number of nitrogen functional groups attached to an aromatic ring is 1. The molecule has 0 radical (unpaired) electrons. The van der Waals surface area contributed by atoms with E-state index in [1.807, 2.05) is 0 Å². The molecule has 1 fully saturated rings. The SMILES string of the molecule is CC1CC(C)CC(OC(=O)c2ccc(N)c(Cl)c2)C1. The van der Waals surface area contributed by atoms with Gasteiger partial charge in [-0.3, -0.25) is 0 Å². The largest absolute Gasteiger partial charge is 0.459 e. The van der Waals surface area contributed by atoms with Gasteiger partial charge in [0.1, 0.15) is 6.10 Å². The van der Waals surface area contributed by atoms with Crippen molar-refractivity contribution in [3.63, 3.8) is 0 Å². The second-order valence-electron chi connectivity index (χ2n) is 5.68. The number of carbonyl (C=O) groups excluding carboxylic acids is 1. The number of nitrogens with two attached hydrogens (primary N) is 1. The predicted octanol–water partition coefficient (Wildman–Crippen LogP) is 3.90. The van der Waals surface area contributed by atoms with Gasteiger partial charge in [-0.15, -0.1) is 0 Å². The second-order valence-corrected chi connectivity index (χ2v) is 6.09. The average Bonchev–Trinajstić information content (AvgIpc) is 2.31. The first-order valence-electron chi connectivity index (χ1n) is 6.71. The predicted molar refractivity (Wildman–Crippen MR) is 77.2 cm³/mol. The normalized spacial score (nSPS) is 27.0. The Balaban J connectivity index is 2.02. The zero-order chi connectivity index (χ0) is 14.0. The summed E-state index contributed by atoms with van der Waals surface area (Å²) in [6, 6.07) is 4.85. The molecule has 0 heterocycles. The fourth-order valence-corrected chi connectivity index (χ4v) is 3.02. The smallest absolute Gasteiger partial charge is 0.338 e. The number of anilines is 1. The van der Waals surface area contributed by atoms with E-state index in [4.69, 9.17) is 22.1 Å². The van der Waals surface area contributed by atoms with E-state index in [0.29, 0.717) is 28.1 Å². The van der Waals surface area contributed by atoms with Crippen LogP contribution in [0.15, 0.2) is 18.2 Å². The van der Waals surface area contributed by atoms with Gasteiger partial charge >= 0.3 is 5.97 Å². The van der Waals surface area contributed by atoms with E-state index in [0.717, 1.165) is 12.8 Å². The molecule has 0 aliphatic heterocycles. The summed E-state index contributed by atoms with van der Waals surface area (Å²) in [5.41, 5.74) is 6.56. The fraction of sp³-hybridized carbons (Fsp3) is 0.533. The third kappa shape index (κ3) is 3.63. The van der Waals surface area contributed by atoms with Crippen LogP contribution in [0.3, 0.4) is 0 Å². The van der Waals surface area contributed by atoms with E-state index in [1.165, 1.54) is 6.42 Å². The van der Waals surface area contributed by atoms with Crippen molar-refractivity contribution in [3.05, 3.63) is 28.8 Å². The molecule has 19 heavy (non-hydrogen) atoms. The lowest BCUT2D eigenvalue weighted by Gasteiger charge is -2.31. The molecule has 0 spiro atoms. The zero-order valence-corrected chi connectivity index (χ0v) is 12.1. The maximum absolute atomic E-state index is 12.1. The summed E-state index contributed by atoms with van der Waals surface area (Å²) in [4.78, 5) is 12.1. The molecule has 0 bridgehead atoms. The van der Waals surface area contributed by atoms with Crippen LogP contribution >= 0.6 is 11.6 Å². The van der Waals surface area contributed by atoms with Crippen LogP contribution in [0.2, 0.25) is 5.02 Å². The molecule has 0 amide bonds. The number of carbonyl (C=O) groups is 1. The molecule has 1 saturated carbocycles. The first kappa shape index (κ1) is 14.2. The van der Waals surface area contributed by atoms with Crippen molar-refractivity contribution >= 4 is 23.3 Å². The number of ether oxygens (including phenoxy) is 1. The molecular weight excluding hydrogens is 262 g/mol. The number of halogens is 1. The summed E-state index contributed by atoms with van der Waals surface area (Å²) in [6.07, 6.45) is 3.11. The van der Waals surface area contributed by atoms with Gasteiger partial charge in [0.25, 0.3) is 0 Å². The van der Waals surface area contributed by atoms with E-state index >= 15 is 0 Å². The Hall–Kier alpha value is -1.22. The maximum Gasteiger partial charge on any atom is 0.338 e. The minimum atomic E-state index is -0.312. The van der Waals surface area contributed by atoms with Crippen LogP contribution in [0.25, 0.3) is 0 Å². The molecule has 104 valence electrons. The molecule has 1 aliphatic carbocycles. The zero-order valence-electron chi connectivity index (χ0n) is 11.4. The van der Waals surface area contributed by atoms with Crippen LogP contribution in [0, 0.1) is 11.8 Å². The van der Waals surface area contributed by atoms with Crippen molar-refractivity contribution in [2.45, 2.75) is 39.2 Å². The molecule has 1 aromatic carbocycles. The van der Waals surface area contributed by atoms with E-state index in [1.54, 1.807) is 18.2 Å². The summed E-state index contributed by atoms with van der Waals surface area (Å²) in [6.45, 7) is 4.41. The van der Waals surface area contributed by atoms with Crippen LogP contribution in [0.5, 0.6) is 0 Å². The van der Waals surface area contributed by atoms with Gasteiger partial charge in [-0.1, -0.05) is 25.4 Å². The highest BCUT2D eigenvalue weighted by molar-refractivity contribution is 6.33. The first-order chi connectivity index (χ1) is 8.95. The highest BCUT2D eigenvalue weighted by Crippen LogP contribution is 2.31. The summed E-state index contributed by atoms with van der Waals surface area (Å²) in [5.74, 6) is 0.904. The van der Waals surface area contributed by atoms with Crippen molar-refractivity contribution in [3.8, 4) is 0 Å². The van der Waals surface area contributed by atoms with Gasteiger partial charge in [-0.05, 0) is 49.3 Å². The van der Waals surface area contributed by atoms with Gasteiger partial charge in [-0.2, -0.15) is 0 Å². The number of esters is 1. The molecule has 3 nitrogen and oxygen atoms in total. The second kappa shape index (κ2) is 5.83. The Kier molecular flexibility index (Phi) is 4.35. The highest BCUT2D eigenvalue weighted by atomic mass is 35.5. The van der Waals surface area contributed by atoms with Gasteiger partial charge < -0.3 is 10.5 Å². The van der Waals surface area contributed by atoms with Gasteiger partial charge in [0.05, 0.1) is 16.3 Å². The van der Waals surface area contributed by atoms with Gasteiger partial charge in [0, 0.05) is 0 Å². The molecule has 2 atom stereocenters. The summed E-state index contributed by atoms with van der Waals surface area (Å²) in [7, 11) is 0.